The summed E-state index contributed by atoms with van der Waals surface area (Å²) in [7, 11) is 0. The lowest BCUT2D eigenvalue weighted by Crippen LogP contribution is -2.50. The van der Waals surface area contributed by atoms with Gasteiger partial charge in [0.05, 0.1) is 11.3 Å². The number of halogens is 1. The third kappa shape index (κ3) is 6.53. The summed E-state index contributed by atoms with van der Waals surface area (Å²) < 4.78 is 18.8. The second-order valence-electron chi connectivity index (χ2n) is 15.1. The molecule has 0 unspecified atom stereocenters. The van der Waals surface area contributed by atoms with E-state index in [-0.39, 0.29) is 17.5 Å². The summed E-state index contributed by atoms with van der Waals surface area (Å²) in [5.41, 5.74) is 4.92. The van der Waals surface area contributed by atoms with Gasteiger partial charge in [-0.25, -0.2) is 4.79 Å². The van der Waals surface area contributed by atoms with E-state index in [1.54, 1.807) is 0 Å². The third-order valence-electron chi connectivity index (χ3n) is 11.4. The van der Waals surface area contributed by atoms with Crippen molar-refractivity contribution in [1.82, 2.24) is 0 Å². The minimum absolute atomic E-state index is 0.199. The Labute approximate surface area is 276 Å². The van der Waals surface area contributed by atoms with E-state index in [4.69, 9.17) is 25.8 Å². The Bertz CT molecular complexity index is 1430. The highest BCUT2D eigenvalue weighted by Gasteiger charge is 2.76. The lowest BCUT2D eigenvalue weighted by Gasteiger charge is -2.39. The standard InChI is InChI=1S/C39H55ClO5/c1-25(2)14-11-15-26(3)16-12-17-27(4)18-13-20-37(9)21-19-30-31(24-40)32(28(5)29(6)33(30)44-37)43-35(42)39-23-22-38(10,34(41)45-39)36(39,7)8/h14,16,18H,11-13,15,17,19-24H2,1-10H3/b26-16+,27-18+/t37-,38+,39-/m1/s1. The molecule has 5 nitrogen and oxygen atoms in total. The summed E-state index contributed by atoms with van der Waals surface area (Å²) in [6.45, 7) is 20.7. The second-order valence-corrected chi connectivity index (χ2v) is 15.4. The molecule has 0 spiro atoms. The fraction of sp³-hybridized carbons (Fsp3) is 0.641. The second kappa shape index (κ2) is 13.3. The van der Waals surface area contributed by atoms with Crippen LogP contribution in [0.3, 0.4) is 0 Å². The van der Waals surface area contributed by atoms with Crippen molar-refractivity contribution in [2.24, 2.45) is 10.8 Å². The monoisotopic (exact) mass is 638 g/mol. The third-order valence-corrected chi connectivity index (χ3v) is 11.7. The van der Waals surface area contributed by atoms with Crippen molar-refractivity contribution in [3.05, 3.63) is 57.2 Å². The van der Waals surface area contributed by atoms with Gasteiger partial charge in [0.1, 0.15) is 17.1 Å². The van der Waals surface area contributed by atoms with Crippen LogP contribution >= 0.6 is 11.6 Å². The van der Waals surface area contributed by atoms with Crippen LogP contribution in [0.1, 0.15) is 135 Å². The molecule has 1 saturated carbocycles. The van der Waals surface area contributed by atoms with Gasteiger partial charge in [-0.05, 0) is 131 Å². The largest absolute Gasteiger partial charge is 0.487 e. The topological polar surface area (TPSA) is 61.8 Å². The van der Waals surface area contributed by atoms with Crippen molar-refractivity contribution in [2.75, 3.05) is 0 Å². The highest BCUT2D eigenvalue weighted by molar-refractivity contribution is 6.17. The van der Waals surface area contributed by atoms with Crippen molar-refractivity contribution in [2.45, 2.75) is 151 Å². The molecule has 6 heteroatoms. The zero-order chi connectivity index (χ0) is 33.4. The molecule has 2 bridgehead atoms. The Balaban J connectivity index is 1.44. The molecular formula is C39H55ClO5. The van der Waals surface area contributed by atoms with Crippen LogP contribution in [0.25, 0.3) is 0 Å². The molecule has 248 valence electrons. The molecule has 45 heavy (non-hydrogen) atoms. The minimum atomic E-state index is -1.29. The highest BCUT2D eigenvalue weighted by atomic mass is 35.5. The van der Waals surface area contributed by atoms with Crippen LogP contribution in [-0.2, 0) is 26.6 Å². The molecule has 4 rings (SSSR count). The molecule has 3 atom stereocenters. The number of allylic oxidation sites excluding steroid dienone is 6. The molecule has 0 radical (unpaired) electrons. The van der Waals surface area contributed by atoms with E-state index in [0.29, 0.717) is 18.6 Å². The van der Waals surface area contributed by atoms with Gasteiger partial charge in [-0.1, -0.05) is 48.8 Å². The van der Waals surface area contributed by atoms with Crippen molar-refractivity contribution < 1.29 is 23.8 Å². The first-order valence-corrected chi connectivity index (χ1v) is 17.4. The first kappa shape index (κ1) is 35.3. The predicted octanol–water partition coefficient (Wildman–Crippen LogP) is 10.4. The van der Waals surface area contributed by atoms with E-state index >= 15 is 0 Å². The maximum absolute atomic E-state index is 13.9. The molecule has 2 heterocycles. The van der Waals surface area contributed by atoms with Gasteiger partial charge < -0.3 is 14.2 Å². The van der Waals surface area contributed by atoms with Crippen LogP contribution in [-0.4, -0.2) is 23.1 Å². The summed E-state index contributed by atoms with van der Waals surface area (Å²) in [6, 6.07) is 0. The maximum Gasteiger partial charge on any atom is 0.356 e. The molecule has 1 aromatic carbocycles. The Morgan fingerprint density at radius 1 is 0.867 bits per heavy atom. The number of hydrogen-bond donors (Lipinski definition) is 0. The molecule has 1 aromatic rings. The van der Waals surface area contributed by atoms with Gasteiger partial charge in [0.2, 0.25) is 5.60 Å². The molecule has 0 aromatic heterocycles. The smallest absolute Gasteiger partial charge is 0.356 e. The lowest BCUT2D eigenvalue weighted by atomic mass is 9.66. The number of carbonyl (C=O) groups is 2. The SMILES string of the molecule is CC(C)=CCC/C(C)=C/CC/C(C)=C/CC[C@]1(C)CCc2c(CCl)c(OC(=O)[C@@]34CC[C@@](C)(C(=O)O3)C4(C)C)c(C)c(C)c2O1. The fourth-order valence-corrected chi connectivity index (χ4v) is 7.74. The van der Waals surface area contributed by atoms with Gasteiger partial charge in [0.15, 0.2) is 0 Å². The zero-order valence-corrected chi connectivity index (χ0v) is 30.2. The molecule has 0 amide bonds. The Kier molecular flexibility index (Phi) is 10.4. The number of ether oxygens (including phenoxy) is 3. The number of esters is 2. The van der Waals surface area contributed by atoms with E-state index in [1.165, 1.54) is 16.7 Å². The summed E-state index contributed by atoms with van der Waals surface area (Å²) in [4.78, 5) is 26.6. The minimum Gasteiger partial charge on any atom is -0.487 e. The van der Waals surface area contributed by atoms with Crippen molar-refractivity contribution in [1.29, 1.82) is 0 Å². The number of alkyl halides is 1. The van der Waals surface area contributed by atoms with Gasteiger partial charge in [0.25, 0.3) is 0 Å². The van der Waals surface area contributed by atoms with Gasteiger partial charge in [-0.2, -0.15) is 0 Å². The van der Waals surface area contributed by atoms with Gasteiger partial charge >= 0.3 is 11.9 Å². The summed E-state index contributed by atoms with van der Waals surface area (Å²) in [5.74, 6) is 0.728. The van der Waals surface area contributed by atoms with Gasteiger partial charge in [0, 0.05) is 16.5 Å². The Morgan fingerprint density at radius 2 is 1.49 bits per heavy atom. The number of hydrogen-bond acceptors (Lipinski definition) is 5. The molecule has 2 fully saturated rings. The lowest BCUT2D eigenvalue weighted by molar-refractivity contribution is -0.176. The molecule has 3 aliphatic rings. The Morgan fingerprint density at radius 3 is 2.04 bits per heavy atom. The summed E-state index contributed by atoms with van der Waals surface area (Å²) >= 11 is 6.56. The first-order valence-electron chi connectivity index (χ1n) is 16.8. The van der Waals surface area contributed by atoms with Gasteiger partial charge in [-0.3, -0.25) is 4.79 Å². The predicted molar refractivity (Wildman–Crippen MR) is 183 cm³/mol. The van der Waals surface area contributed by atoms with Crippen LogP contribution in [0.5, 0.6) is 11.5 Å². The number of rotatable bonds is 12. The van der Waals surface area contributed by atoms with Crippen LogP contribution in [0, 0.1) is 24.7 Å². The number of fused-ring (bicyclic) bond motifs is 3. The Hall–Kier alpha value is -2.53. The van der Waals surface area contributed by atoms with Crippen LogP contribution < -0.4 is 9.47 Å². The molecular weight excluding hydrogens is 584 g/mol. The van der Waals surface area contributed by atoms with E-state index in [1.807, 2.05) is 34.6 Å². The molecule has 1 aliphatic carbocycles. The normalized spacial score (nSPS) is 27.1. The molecule has 1 saturated heterocycles. The van der Waals surface area contributed by atoms with Crippen molar-refractivity contribution >= 4 is 23.5 Å². The zero-order valence-electron chi connectivity index (χ0n) is 29.4. The van der Waals surface area contributed by atoms with Crippen LogP contribution in [0.4, 0.5) is 0 Å². The average molecular weight is 639 g/mol. The van der Waals surface area contributed by atoms with Crippen molar-refractivity contribution in [3.63, 3.8) is 0 Å². The fourth-order valence-electron chi connectivity index (χ4n) is 7.45. The number of carbonyl (C=O) groups excluding carboxylic acids is 2. The number of benzene rings is 1. The van der Waals surface area contributed by atoms with E-state index in [2.05, 4.69) is 52.8 Å². The van der Waals surface area contributed by atoms with E-state index < -0.39 is 22.4 Å². The first-order chi connectivity index (χ1) is 21.0. The highest BCUT2D eigenvalue weighted by Crippen LogP contribution is 2.66. The molecule has 0 N–H and O–H groups in total. The van der Waals surface area contributed by atoms with Gasteiger partial charge in [-0.15, -0.1) is 11.6 Å². The van der Waals surface area contributed by atoms with E-state index in [9.17, 15) is 9.59 Å². The van der Waals surface area contributed by atoms with Crippen LogP contribution in [0.15, 0.2) is 34.9 Å². The maximum atomic E-state index is 13.9. The van der Waals surface area contributed by atoms with E-state index in [0.717, 1.165) is 79.4 Å². The van der Waals surface area contributed by atoms with Crippen LogP contribution in [0.2, 0.25) is 0 Å². The average Bonchev–Trinajstić information content (AvgIpc) is 3.26. The van der Waals surface area contributed by atoms with Crippen molar-refractivity contribution in [3.8, 4) is 11.5 Å². The summed E-state index contributed by atoms with van der Waals surface area (Å²) in [6.07, 6.45) is 16.1. The summed E-state index contributed by atoms with van der Waals surface area (Å²) in [5, 5.41) is 0. The molecule has 2 aliphatic heterocycles. The quantitative estimate of drug-likeness (QED) is 0.0986.